The van der Waals surface area contributed by atoms with Gasteiger partial charge in [-0.25, -0.2) is 4.39 Å². The molecule has 3 rings (SSSR count). The summed E-state index contributed by atoms with van der Waals surface area (Å²) in [5.74, 6) is 0.995. The van der Waals surface area contributed by atoms with Crippen molar-refractivity contribution in [2.75, 3.05) is 6.61 Å². The summed E-state index contributed by atoms with van der Waals surface area (Å²) >= 11 is 0. The number of hydrogen-bond donors (Lipinski definition) is 1. The summed E-state index contributed by atoms with van der Waals surface area (Å²) < 4.78 is 24.7. The van der Waals surface area contributed by atoms with Crippen LogP contribution in [0.1, 0.15) is 24.2 Å². The Bertz CT molecular complexity index is 615. The molecule has 0 aliphatic carbocycles. The Balaban J connectivity index is 1.67. The van der Waals surface area contributed by atoms with Gasteiger partial charge in [-0.2, -0.15) is 0 Å². The first-order valence-electron chi connectivity index (χ1n) is 6.98. The van der Waals surface area contributed by atoms with E-state index in [9.17, 15) is 9.50 Å². The van der Waals surface area contributed by atoms with Crippen molar-refractivity contribution in [2.24, 2.45) is 0 Å². The lowest BCUT2D eigenvalue weighted by atomic mass is 10.1. The first-order chi connectivity index (χ1) is 10.1. The fraction of sp³-hybridized carbons (Fsp3) is 0.294. The molecule has 0 saturated carbocycles. The van der Waals surface area contributed by atoms with Crippen molar-refractivity contribution >= 4 is 0 Å². The van der Waals surface area contributed by atoms with Crippen LogP contribution in [0.5, 0.6) is 11.5 Å². The lowest BCUT2D eigenvalue weighted by molar-refractivity contribution is 0.141. The number of ether oxygens (including phenoxy) is 2. The summed E-state index contributed by atoms with van der Waals surface area (Å²) in [6.07, 6.45) is -0.0480. The highest BCUT2D eigenvalue weighted by atomic mass is 19.1. The van der Waals surface area contributed by atoms with E-state index in [1.165, 1.54) is 17.7 Å². The van der Waals surface area contributed by atoms with Gasteiger partial charge in [0.1, 0.15) is 30.0 Å². The van der Waals surface area contributed by atoms with Gasteiger partial charge in [-0.3, -0.25) is 0 Å². The van der Waals surface area contributed by atoms with E-state index in [4.69, 9.17) is 9.47 Å². The predicted molar refractivity (Wildman–Crippen MR) is 77.1 cm³/mol. The van der Waals surface area contributed by atoms with Crippen molar-refractivity contribution < 1.29 is 19.0 Å². The summed E-state index contributed by atoms with van der Waals surface area (Å²) in [7, 11) is 0. The number of benzene rings is 2. The molecule has 2 unspecified atom stereocenters. The summed E-state index contributed by atoms with van der Waals surface area (Å²) in [4.78, 5) is 0. The van der Waals surface area contributed by atoms with Crippen LogP contribution >= 0.6 is 0 Å². The standard InChI is InChI=1S/C17H17FO3/c1-11(19)15-9-13(18)6-7-17(15)20-10-14-8-12-4-2-3-5-16(12)21-14/h2-7,9,11,14,19H,8,10H2,1H3. The van der Waals surface area contributed by atoms with Crippen molar-refractivity contribution in [3.8, 4) is 11.5 Å². The van der Waals surface area contributed by atoms with Gasteiger partial charge in [-0.15, -0.1) is 0 Å². The van der Waals surface area contributed by atoms with Crippen molar-refractivity contribution in [2.45, 2.75) is 25.6 Å². The Kier molecular flexibility index (Phi) is 3.80. The number of aliphatic hydroxyl groups is 1. The average molecular weight is 288 g/mol. The number of halogens is 1. The minimum absolute atomic E-state index is 0.0608. The second-order valence-electron chi connectivity index (χ2n) is 5.22. The third-order valence-electron chi connectivity index (χ3n) is 3.56. The highest BCUT2D eigenvalue weighted by Gasteiger charge is 2.23. The average Bonchev–Trinajstić information content (AvgIpc) is 2.88. The van der Waals surface area contributed by atoms with E-state index in [-0.39, 0.29) is 11.9 Å². The Morgan fingerprint density at radius 2 is 2.14 bits per heavy atom. The minimum Gasteiger partial charge on any atom is -0.489 e. The van der Waals surface area contributed by atoms with Gasteiger partial charge in [0.25, 0.3) is 0 Å². The molecule has 1 aliphatic heterocycles. The van der Waals surface area contributed by atoms with Gasteiger partial charge in [-0.1, -0.05) is 18.2 Å². The first kappa shape index (κ1) is 13.9. The van der Waals surface area contributed by atoms with Gasteiger partial charge in [0, 0.05) is 12.0 Å². The largest absolute Gasteiger partial charge is 0.489 e. The quantitative estimate of drug-likeness (QED) is 0.938. The monoisotopic (exact) mass is 288 g/mol. The fourth-order valence-corrected chi connectivity index (χ4v) is 2.51. The smallest absolute Gasteiger partial charge is 0.137 e. The Morgan fingerprint density at radius 1 is 1.33 bits per heavy atom. The maximum Gasteiger partial charge on any atom is 0.137 e. The summed E-state index contributed by atoms with van der Waals surface area (Å²) in [5.41, 5.74) is 1.62. The van der Waals surface area contributed by atoms with E-state index in [0.29, 0.717) is 17.9 Å². The Morgan fingerprint density at radius 3 is 2.90 bits per heavy atom. The Labute approximate surface area is 122 Å². The summed E-state index contributed by atoms with van der Waals surface area (Å²) in [5, 5.41) is 9.69. The van der Waals surface area contributed by atoms with E-state index in [1.807, 2.05) is 24.3 Å². The third kappa shape index (κ3) is 3.00. The van der Waals surface area contributed by atoms with Crippen molar-refractivity contribution in [3.63, 3.8) is 0 Å². The molecular weight excluding hydrogens is 271 g/mol. The van der Waals surface area contributed by atoms with Crippen molar-refractivity contribution in [3.05, 3.63) is 59.4 Å². The van der Waals surface area contributed by atoms with Crippen LogP contribution in [0.25, 0.3) is 0 Å². The van der Waals surface area contributed by atoms with Crippen LogP contribution in [0.15, 0.2) is 42.5 Å². The SMILES string of the molecule is CC(O)c1cc(F)ccc1OCC1Cc2ccccc2O1. The second-order valence-corrected chi connectivity index (χ2v) is 5.22. The number of fused-ring (bicyclic) bond motifs is 1. The molecular formula is C17H17FO3. The molecule has 0 aromatic heterocycles. The van der Waals surface area contributed by atoms with Crippen LogP contribution < -0.4 is 9.47 Å². The van der Waals surface area contributed by atoms with Gasteiger partial charge < -0.3 is 14.6 Å². The molecule has 1 aliphatic rings. The zero-order valence-corrected chi connectivity index (χ0v) is 11.8. The molecule has 1 heterocycles. The molecule has 2 aromatic rings. The van der Waals surface area contributed by atoms with Gasteiger partial charge >= 0.3 is 0 Å². The first-order valence-corrected chi connectivity index (χ1v) is 6.98. The molecule has 1 N–H and O–H groups in total. The second kappa shape index (κ2) is 5.74. The van der Waals surface area contributed by atoms with Crippen molar-refractivity contribution in [1.29, 1.82) is 0 Å². The maximum atomic E-state index is 13.2. The lowest BCUT2D eigenvalue weighted by Gasteiger charge is -2.16. The van der Waals surface area contributed by atoms with Gasteiger partial charge in [0.2, 0.25) is 0 Å². The van der Waals surface area contributed by atoms with Crippen molar-refractivity contribution in [1.82, 2.24) is 0 Å². The highest BCUT2D eigenvalue weighted by molar-refractivity contribution is 5.38. The minimum atomic E-state index is -0.780. The molecule has 2 aromatic carbocycles. The molecule has 0 radical (unpaired) electrons. The molecule has 0 bridgehead atoms. The molecule has 0 saturated heterocycles. The van der Waals surface area contributed by atoms with Crippen LogP contribution in [-0.4, -0.2) is 17.8 Å². The zero-order chi connectivity index (χ0) is 14.8. The van der Waals surface area contributed by atoms with Crippen LogP contribution in [0, 0.1) is 5.82 Å². The van der Waals surface area contributed by atoms with Gasteiger partial charge in [-0.05, 0) is 36.8 Å². The molecule has 110 valence electrons. The van der Waals surface area contributed by atoms with Gasteiger partial charge in [0.15, 0.2) is 0 Å². The fourth-order valence-electron chi connectivity index (χ4n) is 2.51. The van der Waals surface area contributed by atoms with Crippen LogP contribution in [0.4, 0.5) is 4.39 Å². The number of aliphatic hydroxyl groups excluding tert-OH is 1. The molecule has 0 amide bonds. The highest BCUT2D eigenvalue weighted by Crippen LogP contribution is 2.30. The van der Waals surface area contributed by atoms with Crippen LogP contribution in [0.2, 0.25) is 0 Å². The molecule has 0 spiro atoms. The normalized spacial score (nSPS) is 18.0. The number of hydrogen-bond acceptors (Lipinski definition) is 3. The summed E-state index contributed by atoms with van der Waals surface area (Å²) in [6, 6.07) is 12.1. The third-order valence-corrected chi connectivity index (χ3v) is 3.56. The molecule has 3 nitrogen and oxygen atoms in total. The van der Waals surface area contributed by atoms with E-state index < -0.39 is 6.10 Å². The molecule has 21 heavy (non-hydrogen) atoms. The van der Waals surface area contributed by atoms with E-state index in [1.54, 1.807) is 13.0 Å². The molecule has 2 atom stereocenters. The molecule has 0 fully saturated rings. The van der Waals surface area contributed by atoms with E-state index >= 15 is 0 Å². The number of rotatable bonds is 4. The predicted octanol–water partition coefficient (Wildman–Crippen LogP) is 3.26. The zero-order valence-electron chi connectivity index (χ0n) is 11.8. The Hall–Kier alpha value is -2.07. The molecule has 4 heteroatoms. The maximum absolute atomic E-state index is 13.2. The van der Waals surface area contributed by atoms with E-state index in [0.717, 1.165) is 12.2 Å². The van der Waals surface area contributed by atoms with Gasteiger partial charge in [0.05, 0.1) is 6.10 Å². The number of para-hydroxylation sites is 1. The van der Waals surface area contributed by atoms with Crippen LogP contribution in [0.3, 0.4) is 0 Å². The lowest BCUT2D eigenvalue weighted by Crippen LogP contribution is -2.22. The topological polar surface area (TPSA) is 38.7 Å². The van der Waals surface area contributed by atoms with E-state index in [2.05, 4.69) is 0 Å². The van der Waals surface area contributed by atoms with Crippen LogP contribution in [-0.2, 0) is 6.42 Å². The summed E-state index contributed by atoms with van der Waals surface area (Å²) in [6.45, 7) is 1.95.